The van der Waals surface area contributed by atoms with E-state index in [9.17, 15) is 0 Å². The van der Waals surface area contributed by atoms with Gasteiger partial charge < -0.3 is 9.67 Å². The molecule has 0 saturated carbocycles. The van der Waals surface area contributed by atoms with Crippen molar-refractivity contribution >= 4 is 27.3 Å². The molecule has 74 valence electrons. The number of hydrogen-bond acceptors (Lipinski definition) is 2. The molecule has 0 radical (unpaired) electrons. The van der Waals surface area contributed by atoms with Crippen LogP contribution in [-0.4, -0.2) is 9.67 Å². The Kier molecular flexibility index (Phi) is 3.05. The Morgan fingerprint density at radius 1 is 1.50 bits per heavy atom. The average molecular weight is 272 g/mol. The zero-order chi connectivity index (χ0) is 9.97. The molecular weight excluding hydrogens is 262 g/mol. The third-order valence-corrected chi connectivity index (χ3v) is 3.72. The fourth-order valence-corrected chi connectivity index (χ4v) is 2.80. The third-order valence-electron chi connectivity index (χ3n) is 2.03. The summed E-state index contributed by atoms with van der Waals surface area (Å²) in [7, 11) is 0. The van der Waals surface area contributed by atoms with Gasteiger partial charge in [0, 0.05) is 26.6 Å². The molecule has 0 aliphatic carbocycles. The monoisotopic (exact) mass is 271 g/mol. The third kappa shape index (κ3) is 2.08. The zero-order valence-electron chi connectivity index (χ0n) is 7.48. The lowest BCUT2D eigenvalue weighted by Crippen LogP contribution is -2.01. The summed E-state index contributed by atoms with van der Waals surface area (Å²) in [5.41, 5.74) is 0.953. The summed E-state index contributed by atoms with van der Waals surface area (Å²) in [6.45, 7) is 0.929. The Balaban J connectivity index is 2.18. The van der Waals surface area contributed by atoms with E-state index in [2.05, 4.69) is 31.9 Å². The van der Waals surface area contributed by atoms with E-state index < -0.39 is 0 Å². The predicted octanol–water partition coefficient (Wildman–Crippen LogP) is 2.85. The molecule has 0 aliphatic heterocycles. The highest BCUT2D eigenvalue weighted by atomic mass is 79.9. The lowest BCUT2D eigenvalue weighted by molar-refractivity contribution is 0.271. The van der Waals surface area contributed by atoms with Crippen LogP contribution in [0.25, 0.3) is 0 Å². The van der Waals surface area contributed by atoms with Crippen LogP contribution in [0.15, 0.2) is 34.2 Å². The number of nitrogens with zero attached hydrogens (tertiary/aromatic N) is 1. The summed E-state index contributed by atoms with van der Waals surface area (Å²) in [6, 6.07) is 5.99. The van der Waals surface area contributed by atoms with Crippen LogP contribution < -0.4 is 0 Å². The first-order valence-electron chi connectivity index (χ1n) is 4.27. The van der Waals surface area contributed by atoms with Gasteiger partial charge in [0.15, 0.2) is 0 Å². The van der Waals surface area contributed by atoms with Crippen molar-refractivity contribution in [2.45, 2.75) is 13.2 Å². The minimum Gasteiger partial charge on any atom is -0.390 e. The SMILES string of the molecule is OCc1cccn1Cc1cc(Br)cs1. The number of rotatable bonds is 3. The van der Waals surface area contributed by atoms with Gasteiger partial charge in [-0.15, -0.1) is 11.3 Å². The minimum absolute atomic E-state index is 0.0968. The van der Waals surface area contributed by atoms with Gasteiger partial charge in [0.2, 0.25) is 0 Å². The number of hydrogen-bond donors (Lipinski definition) is 1. The molecule has 2 aromatic heterocycles. The van der Waals surface area contributed by atoms with Crippen molar-refractivity contribution in [3.63, 3.8) is 0 Å². The van der Waals surface area contributed by atoms with Crippen molar-refractivity contribution in [1.29, 1.82) is 0 Å². The normalized spacial score (nSPS) is 10.7. The number of aliphatic hydroxyl groups excluding tert-OH is 1. The molecule has 0 atom stereocenters. The highest BCUT2D eigenvalue weighted by Crippen LogP contribution is 2.21. The molecule has 0 saturated heterocycles. The van der Waals surface area contributed by atoms with Crippen LogP contribution in [0.3, 0.4) is 0 Å². The number of thiophene rings is 1. The second kappa shape index (κ2) is 4.29. The van der Waals surface area contributed by atoms with E-state index in [1.165, 1.54) is 4.88 Å². The van der Waals surface area contributed by atoms with E-state index in [4.69, 9.17) is 5.11 Å². The van der Waals surface area contributed by atoms with Crippen LogP contribution in [0.2, 0.25) is 0 Å². The van der Waals surface area contributed by atoms with E-state index in [-0.39, 0.29) is 6.61 Å². The predicted molar refractivity (Wildman–Crippen MR) is 61.5 cm³/mol. The smallest absolute Gasteiger partial charge is 0.0832 e. The maximum Gasteiger partial charge on any atom is 0.0832 e. The molecule has 2 heterocycles. The van der Waals surface area contributed by atoms with Crippen molar-refractivity contribution in [2.24, 2.45) is 0 Å². The number of halogens is 1. The Morgan fingerprint density at radius 2 is 2.36 bits per heavy atom. The largest absolute Gasteiger partial charge is 0.390 e. The van der Waals surface area contributed by atoms with E-state index in [1.807, 2.05) is 18.3 Å². The van der Waals surface area contributed by atoms with Gasteiger partial charge in [0.05, 0.1) is 13.2 Å². The standard InChI is InChI=1S/C10H10BrNOS/c11-8-4-10(14-7-8)5-12-3-1-2-9(12)6-13/h1-4,7,13H,5-6H2. The molecule has 1 N–H and O–H groups in total. The Hall–Kier alpha value is -0.580. The summed E-state index contributed by atoms with van der Waals surface area (Å²) in [4.78, 5) is 1.28. The van der Waals surface area contributed by atoms with Crippen molar-refractivity contribution in [3.05, 3.63) is 44.8 Å². The molecule has 4 heteroatoms. The molecule has 0 amide bonds. The van der Waals surface area contributed by atoms with E-state index in [1.54, 1.807) is 11.3 Å². The Bertz CT molecular complexity index is 421. The van der Waals surface area contributed by atoms with Gasteiger partial charge in [0.1, 0.15) is 0 Å². The molecule has 2 rings (SSSR count). The van der Waals surface area contributed by atoms with Gasteiger partial charge >= 0.3 is 0 Å². The van der Waals surface area contributed by atoms with Gasteiger partial charge in [-0.25, -0.2) is 0 Å². The first-order valence-corrected chi connectivity index (χ1v) is 5.94. The average Bonchev–Trinajstić information content (AvgIpc) is 2.76. The first-order chi connectivity index (χ1) is 6.79. The topological polar surface area (TPSA) is 25.2 Å². The Labute approximate surface area is 94.9 Å². The highest BCUT2D eigenvalue weighted by Gasteiger charge is 2.02. The molecule has 0 aromatic carbocycles. The summed E-state index contributed by atoms with van der Waals surface area (Å²) < 4.78 is 3.17. The van der Waals surface area contributed by atoms with Gasteiger partial charge in [-0.2, -0.15) is 0 Å². The Morgan fingerprint density at radius 3 is 3.00 bits per heavy atom. The van der Waals surface area contributed by atoms with E-state index in [0.717, 1.165) is 16.7 Å². The first kappa shape index (κ1) is 9.96. The van der Waals surface area contributed by atoms with Crippen molar-refractivity contribution < 1.29 is 5.11 Å². The minimum atomic E-state index is 0.0968. The van der Waals surface area contributed by atoms with Crippen LogP contribution in [0, 0.1) is 0 Å². The maximum atomic E-state index is 9.06. The van der Waals surface area contributed by atoms with E-state index in [0.29, 0.717) is 0 Å². The molecule has 0 spiro atoms. The molecule has 2 aromatic rings. The fourth-order valence-electron chi connectivity index (χ4n) is 1.35. The van der Waals surface area contributed by atoms with Crippen LogP contribution in [0.1, 0.15) is 10.6 Å². The summed E-state index contributed by atoms with van der Waals surface area (Å²) in [6.07, 6.45) is 1.99. The van der Waals surface area contributed by atoms with Crippen LogP contribution in [0.4, 0.5) is 0 Å². The second-order valence-electron chi connectivity index (χ2n) is 3.02. The molecule has 0 unspecified atom stereocenters. The summed E-state index contributed by atoms with van der Waals surface area (Å²) in [5.74, 6) is 0. The van der Waals surface area contributed by atoms with Gasteiger partial charge in [-0.05, 0) is 34.1 Å². The van der Waals surface area contributed by atoms with Crippen LogP contribution >= 0.6 is 27.3 Å². The van der Waals surface area contributed by atoms with Crippen LogP contribution in [0.5, 0.6) is 0 Å². The second-order valence-corrected chi connectivity index (χ2v) is 4.93. The molecular formula is C10H10BrNOS. The lowest BCUT2D eigenvalue weighted by Gasteiger charge is -2.04. The summed E-state index contributed by atoms with van der Waals surface area (Å²) >= 11 is 5.14. The molecule has 0 aliphatic rings. The van der Waals surface area contributed by atoms with E-state index >= 15 is 0 Å². The molecule has 0 fully saturated rings. The number of aliphatic hydroxyl groups is 1. The summed E-state index contributed by atoms with van der Waals surface area (Å²) in [5, 5.41) is 11.1. The van der Waals surface area contributed by atoms with Gasteiger partial charge in [-0.3, -0.25) is 0 Å². The van der Waals surface area contributed by atoms with Gasteiger partial charge in [-0.1, -0.05) is 0 Å². The fraction of sp³-hybridized carbons (Fsp3) is 0.200. The quantitative estimate of drug-likeness (QED) is 0.913. The molecule has 0 bridgehead atoms. The molecule has 2 nitrogen and oxygen atoms in total. The van der Waals surface area contributed by atoms with Crippen molar-refractivity contribution in [3.8, 4) is 0 Å². The van der Waals surface area contributed by atoms with Crippen molar-refractivity contribution in [2.75, 3.05) is 0 Å². The number of aromatic nitrogens is 1. The highest BCUT2D eigenvalue weighted by molar-refractivity contribution is 9.10. The zero-order valence-corrected chi connectivity index (χ0v) is 9.88. The van der Waals surface area contributed by atoms with Gasteiger partial charge in [0.25, 0.3) is 0 Å². The lowest BCUT2D eigenvalue weighted by atomic mass is 10.4. The van der Waals surface area contributed by atoms with Crippen LogP contribution in [-0.2, 0) is 13.2 Å². The van der Waals surface area contributed by atoms with Crippen molar-refractivity contribution in [1.82, 2.24) is 4.57 Å². The molecule has 14 heavy (non-hydrogen) atoms. The maximum absolute atomic E-state index is 9.06.